The topological polar surface area (TPSA) is 102 Å². The van der Waals surface area contributed by atoms with Crippen molar-refractivity contribution in [2.24, 2.45) is 0 Å². The van der Waals surface area contributed by atoms with Crippen LogP contribution >= 0.6 is 0 Å². The average molecular weight is 432 g/mol. The van der Waals surface area contributed by atoms with Gasteiger partial charge < -0.3 is 14.4 Å². The molecule has 2 aromatic rings. The summed E-state index contributed by atoms with van der Waals surface area (Å²) in [5.74, 6) is -0.673. The maximum atomic E-state index is 12.7. The molecule has 1 aliphatic rings. The lowest BCUT2D eigenvalue weighted by atomic mass is 10.1. The third-order valence-electron chi connectivity index (χ3n) is 4.86. The number of carbonyl (C=O) groups excluding carboxylic acids is 2. The van der Waals surface area contributed by atoms with Crippen LogP contribution in [0.1, 0.15) is 31.8 Å². The fourth-order valence-corrected chi connectivity index (χ4v) is 4.39. The highest BCUT2D eigenvalue weighted by Gasteiger charge is 2.20. The summed E-state index contributed by atoms with van der Waals surface area (Å²) in [5.41, 5.74) is 1.93. The molecule has 1 amide bonds. The Kier molecular flexibility index (Phi) is 6.86. The number of sulfonamides is 1. The van der Waals surface area contributed by atoms with E-state index in [0.717, 1.165) is 0 Å². The Balaban J connectivity index is 1.69. The molecule has 8 nitrogen and oxygen atoms in total. The van der Waals surface area contributed by atoms with E-state index in [4.69, 9.17) is 4.74 Å². The van der Waals surface area contributed by atoms with Crippen LogP contribution in [0, 0.1) is 6.92 Å². The lowest BCUT2D eigenvalue weighted by Crippen LogP contribution is -2.40. The Morgan fingerprint density at radius 3 is 2.33 bits per heavy atom. The van der Waals surface area contributed by atoms with Gasteiger partial charge in [-0.25, -0.2) is 17.9 Å². The van der Waals surface area contributed by atoms with Crippen molar-refractivity contribution in [2.45, 2.75) is 18.4 Å². The molecule has 0 aromatic heterocycles. The van der Waals surface area contributed by atoms with E-state index >= 15 is 0 Å². The highest BCUT2D eigenvalue weighted by molar-refractivity contribution is 7.89. The summed E-state index contributed by atoms with van der Waals surface area (Å²) in [4.78, 5) is 25.9. The molecule has 1 aliphatic heterocycles. The number of hydrogen-bond donors (Lipinski definition) is 1. The van der Waals surface area contributed by atoms with Crippen molar-refractivity contribution in [3.05, 3.63) is 64.7 Å². The minimum absolute atomic E-state index is 0.0181. The first-order valence-corrected chi connectivity index (χ1v) is 10.9. The number of aryl methyl sites for hydroxylation is 1. The zero-order valence-corrected chi connectivity index (χ0v) is 17.7. The van der Waals surface area contributed by atoms with E-state index in [2.05, 4.69) is 9.46 Å². The molecule has 1 heterocycles. The van der Waals surface area contributed by atoms with E-state index in [0.29, 0.717) is 43.0 Å². The second-order valence-electron chi connectivity index (χ2n) is 6.90. The number of morpholine rings is 1. The van der Waals surface area contributed by atoms with E-state index < -0.39 is 16.0 Å². The van der Waals surface area contributed by atoms with Crippen LogP contribution in [0.15, 0.2) is 47.4 Å². The number of benzene rings is 2. The third kappa shape index (κ3) is 5.05. The van der Waals surface area contributed by atoms with Crippen molar-refractivity contribution in [3.8, 4) is 0 Å². The second-order valence-corrected chi connectivity index (χ2v) is 8.63. The lowest BCUT2D eigenvalue weighted by molar-refractivity contribution is 0.0303. The summed E-state index contributed by atoms with van der Waals surface area (Å²) in [6.07, 6.45) is 0. The number of ether oxygens (including phenoxy) is 2. The van der Waals surface area contributed by atoms with Crippen molar-refractivity contribution in [1.82, 2.24) is 9.62 Å². The number of rotatable bonds is 6. The third-order valence-corrected chi connectivity index (χ3v) is 6.41. The smallest absolute Gasteiger partial charge is 0.337 e. The normalized spacial score (nSPS) is 14.4. The van der Waals surface area contributed by atoms with Crippen LogP contribution in [0.2, 0.25) is 0 Å². The molecule has 0 unspecified atom stereocenters. The van der Waals surface area contributed by atoms with Gasteiger partial charge in [0.05, 0.1) is 30.8 Å². The van der Waals surface area contributed by atoms with Crippen LogP contribution in [0.4, 0.5) is 0 Å². The van der Waals surface area contributed by atoms with Crippen LogP contribution < -0.4 is 4.72 Å². The lowest BCUT2D eigenvalue weighted by Gasteiger charge is -2.26. The molecule has 1 N–H and O–H groups in total. The molecule has 30 heavy (non-hydrogen) atoms. The van der Waals surface area contributed by atoms with Gasteiger partial charge >= 0.3 is 5.97 Å². The second kappa shape index (κ2) is 9.38. The molecule has 0 saturated carbocycles. The van der Waals surface area contributed by atoms with Gasteiger partial charge in [-0.15, -0.1) is 0 Å². The number of esters is 1. The van der Waals surface area contributed by atoms with Gasteiger partial charge in [-0.05, 0) is 42.3 Å². The van der Waals surface area contributed by atoms with E-state index in [-0.39, 0.29) is 22.9 Å². The molecular formula is C21H24N2O6S. The molecular weight excluding hydrogens is 408 g/mol. The van der Waals surface area contributed by atoms with Crippen LogP contribution in [0.5, 0.6) is 0 Å². The maximum absolute atomic E-state index is 12.7. The molecule has 1 saturated heterocycles. The molecule has 2 aromatic carbocycles. The number of amides is 1. The Morgan fingerprint density at radius 2 is 1.70 bits per heavy atom. The first-order chi connectivity index (χ1) is 14.3. The molecule has 9 heteroatoms. The van der Waals surface area contributed by atoms with Gasteiger partial charge in [0.15, 0.2) is 0 Å². The largest absolute Gasteiger partial charge is 0.465 e. The van der Waals surface area contributed by atoms with Crippen LogP contribution in [0.3, 0.4) is 0 Å². The monoisotopic (exact) mass is 432 g/mol. The Bertz CT molecular complexity index is 1030. The molecule has 3 rings (SSSR count). The highest BCUT2D eigenvalue weighted by atomic mass is 32.2. The molecule has 160 valence electrons. The fourth-order valence-electron chi connectivity index (χ4n) is 3.10. The number of hydrogen-bond acceptors (Lipinski definition) is 6. The number of nitrogens with one attached hydrogen (secondary N) is 1. The van der Waals surface area contributed by atoms with Crippen LogP contribution in [-0.4, -0.2) is 58.6 Å². The SMILES string of the molecule is COC(=O)c1ccc(C)c(S(=O)(=O)NCc2ccc(C(=O)N3CCOCC3)cc2)c1. The first-order valence-electron chi connectivity index (χ1n) is 9.46. The van der Waals surface area contributed by atoms with E-state index in [9.17, 15) is 18.0 Å². The standard InChI is InChI=1S/C21H24N2O6S/c1-15-3-6-18(21(25)28-2)13-19(15)30(26,27)22-14-16-4-7-17(8-5-16)20(24)23-9-11-29-12-10-23/h3-8,13,22H,9-12,14H2,1-2H3. The maximum Gasteiger partial charge on any atom is 0.337 e. The summed E-state index contributed by atoms with van der Waals surface area (Å²) >= 11 is 0. The van der Waals surface area contributed by atoms with E-state index in [1.807, 2.05) is 0 Å². The summed E-state index contributed by atoms with van der Waals surface area (Å²) in [7, 11) is -2.61. The number of carbonyl (C=O) groups is 2. The molecule has 0 bridgehead atoms. The summed E-state index contributed by atoms with van der Waals surface area (Å²) in [6, 6.07) is 11.2. The van der Waals surface area contributed by atoms with Crippen molar-refractivity contribution in [1.29, 1.82) is 0 Å². The Hall–Kier alpha value is -2.75. The van der Waals surface area contributed by atoms with Gasteiger partial charge in [0.25, 0.3) is 5.91 Å². The number of methoxy groups -OCH3 is 1. The molecule has 0 atom stereocenters. The molecule has 1 fully saturated rings. The van der Waals surface area contributed by atoms with Gasteiger partial charge in [-0.1, -0.05) is 18.2 Å². The van der Waals surface area contributed by atoms with Gasteiger partial charge in [-0.2, -0.15) is 0 Å². The van der Waals surface area contributed by atoms with Gasteiger partial charge in [0.1, 0.15) is 0 Å². The van der Waals surface area contributed by atoms with Gasteiger partial charge in [0, 0.05) is 25.2 Å². The predicted molar refractivity (Wildman–Crippen MR) is 110 cm³/mol. The molecule has 0 spiro atoms. The van der Waals surface area contributed by atoms with Crippen molar-refractivity contribution < 1.29 is 27.5 Å². The van der Waals surface area contributed by atoms with E-state index in [1.54, 1.807) is 42.2 Å². The van der Waals surface area contributed by atoms with Crippen LogP contribution in [0.25, 0.3) is 0 Å². The zero-order chi connectivity index (χ0) is 21.7. The minimum atomic E-state index is -3.84. The van der Waals surface area contributed by atoms with Gasteiger partial charge in [-0.3, -0.25) is 4.79 Å². The average Bonchev–Trinajstić information content (AvgIpc) is 2.78. The fraction of sp³-hybridized carbons (Fsp3) is 0.333. The van der Waals surface area contributed by atoms with Crippen LogP contribution in [-0.2, 0) is 26.0 Å². The summed E-state index contributed by atoms with van der Waals surface area (Å²) in [5, 5.41) is 0. The minimum Gasteiger partial charge on any atom is -0.465 e. The summed E-state index contributed by atoms with van der Waals surface area (Å²) in [6.45, 7) is 3.89. The first kappa shape index (κ1) is 21.9. The highest BCUT2D eigenvalue weighted by Crippen LogP contribution is 2.18. The zero-order valence-electron chi connectivity index (χ0n) is 16.9. The Labute approximate surface area is 175 Å². The quantitative estimate of drug-likeness (QED) is 0.698. The van der Waals surface area contributed by atoms with Crippen molar-refractivity contribution in [2.75, 3.05) is 33.4 Å². The van der Waals surface area contributed by atoms with Crippen molar-refractivity contribution in [3.63, 3.8) is 0 Å². The van der Waals surface area contributed by atoms with Gasteiger partial charge in [0.2, 0.25) is 10.0 Å². The number of nitrogens with zero attached hydrogens (tertiary/aromatic N) is 1. The summed E-state index contributed by atoms with van der Waals surface area (Å²) < 4.78 is 37.9. The predicted octanol–water partition coefficient (Wildman–Crippen LogP) is 1.73. The molecule has 0 radical (unpaired) electrons. The Morgan fingerprint density at radius 1 is 1.07 bits per heavy atom. The van der Waals surface area contributed by atoms with E-state index in [1.165, 1.54) is 19.2 Å². The molecule has 0 aliphatic carbocycles. The van der Waals surface area contributed by atoms with Crippen molar-refractivity contribution >= 4 is 21.9 Å².